The zero-order valence-electron chi connectivity index (χ0n) is 24.3. The minimum Gasteiger partial charge on any atom is -0.445 e. The number of rotatable bonds is 7. The molecule has 1 aromatic rings. The van der Waals surface area contributed by atoms with Gasteiger partial charge in [-0.1, -0.05) is 20.8 Å². The molecule has 0 aliphatic carbocycles. The van der Waals surface area contributed by atoms with Gasteiger partial charge < -0.3 is 23.9 Å². The number of nitrogens with zero attached hydrogens (tertiary/aromatic N) is 3. The molecular formula is C27H43N3O8Si. The second kappa shape index (κ2) is 11.4. The third-order valence-electron chi connectivity index (χ3n) is 7.76. The van der Waals surface area contributed by atoms with Crippen molar-refractivity contribution in [1.82, 2.24) is 9.80 Å². The molecule has 12 heteroatoms. The third-order valence-corrected chi connectivity index (χ3v) is 12.3. The van der Waals surface area contributed by atoms with Gasteiger partial charge in [-0.25, -0.2) is 9.59 Å². The van der Waals surface area contributed by atoms with Crippen molar-refractivity contribution in [1.29, 1.82) is 0 Å². The van der Waals surface area contributed by atoms with Crippen LogP contribution in [0.1, 0.15) is 53.5 Å². The lowest BCUT2D eigenvalue weighted by molar-refractivity contribution is -0.384. The van der Waals surface area contributed by atoms with Crippen LogP contribution in [0.5, 0.6) is 0 Å². The van der Waals surface area contributed by atoms with Crippen LogP contribution in [0.25, 0.3) is 0 Å². The Bertz CT molecular complexity index is 1040. The van der Waals surface area contributed by atoms with Gasteiger partial charge in [-0.2, -0.15) is 0 Å². The monoisotopic (exact) mass is 565 g/mol. The van der Waals surface area contributed by atoms with E-state index in [1.54, 1.807) is 17.0 Å². The van der Waals surface area contributed by atoms with Gasteiger partial charge in [0.25, 0.3) is 5.69 Å². The second-order valence-electron chi connectivity index (χ2n) is 13.1. The maximum absolute atomic E-state index is 13.1. The zero-order valence-corrected chi connectivity index (χ0v) is 25.3. The molecule has 2 aliphatic rings. The summed E-state index contributed by atoms with van der Waals surface area (Å²) in [5.74, 6) is -0.224. The predicted molar refractivity (Wildman–Crippen MR) is 148 cm³/mol. The first-order valence-electron chi connectivity index (χ1n) is 13.4. The highest BCUT2D eigenvalue weighted by Gasteiger charge is 2.49. The topological polar surface area (TPSA) is 132 Å². The van der Waals surface area contributed by atoms with Crippen LogP contribution in [0.4, 0.5) is 15.3 Å². The van der Waals surface area contributed by atoms with E-state index in [-0.39, 0.29) is 29.4 Å². The summed E-state index contributed by atoms with van der Waals surface area (Å²) in [5, 5.41) is 22.1. The molecule has 2 heterocycles. The summed E-state index contributed by atoms with van der Waals surface area (Å²) in [6.45, 7) is 17.2. The smallest absolute Gasteiger partial charge is 0.410 e. The molecule has 1 aromatic carbocycles. The van der Waals surface area contributed by atoms with Crippen LogP contribution in [0.2, 0.25) is 18.1 Å². The number of aliphatic hydroxyl groups is 1. The molecule has 11 nitrogen and oxygen atoms in total. The lowest BCUT2D eigenvalue weighted by Crippen LogP contribution is -2.59. The number of nitro benzene ring substituents is 1. The summed E-state index contributed by atoms with van der Waals surface area (Å²) in [7, 11) is -2.10. The van der Waals surface area contributed by atoms with E-state index < -0.39 is 43.2 Å². The molecule has 2 amide bonds. The largest absolute Gasteiger partial charge is 0.445 e. The van der Waals surface area contributed by atoms with Gasteiger partial charge in [-0.15, -0.1) is 0 Å². The lowest BCUT2D eigenvalue weighted by Gasteiger charge is -2.43. The van der Waals surface area contributed by atoms with Crippen LogP contribution in [0, 0.1) is 16.0 Å². The highest BCUT2D eigenvalue weighted by Crippen LogP contribution is 2.40. The number of carbonyl (C=O) groups is 2. The van der Waals surface area contributed by atoms with E-state index in [0.29, 0.717) is 31.6 Å². The third kappa shape index (κ3) is 7.70. The molecule has 0 radical (unpaired) electrons. The molecule has 218 valence electrons. The van der Waals surface area contributed by atoms with Gasteiger partial charge in [-0.05, 0) is 63.0 Å². The number of hydrogen-bond acceptors (Lipinski definition) is 8. The summed E-state index contributed by atoms with van der Waals surface area (Å²) in [5.41, 5.74) is -0.0715. The Kier molecular flexibility index (Phi) is 9.03. The van der Waals surface area contributed by atoms with E-state index >= 15 is 0 Å². The minimum absolute atomic E-state index is 0.00373. The van der Waals surface area contributed by atoms with Gasteiger partial charge in [0.2, 0.25) is 0 Å². The quantitative estimate of drug-likeness (QED) is 0.280. The number of amides is 2. The average molecular weight is 566 g/mol. The van der Waals surface area contributed by atoms with Gasteiger partial charge in [0.15, 0.2) is 8.32 Å². The fourth-order valence-corrected chi connectivity index (χ4v) is 5.86. The normalized spacial score (nSPS) is 21.4. The molecule has 2 aliphatic heterocycles. The summed E-state index contributed by atoms with van der Waals surface area (Å²) in [6.07, 6.45) is -1.57. The van der Waals surface area contributed by atoms with Gasteiger partial charge in [0, 0.05) is 37.7 Å². The number of aliphatic hydroxyl groups excluding tert-OH is 1. The van der Waals surface area contributed by atoms with Gasteiger partial charge >= 0.3 is 12.2 Å². The standard InChI is InChI=1S/C27H43N3O8Si/c1-26(2,3)37-25(33)29-16-21(38-39(7,8)27(4,5)6)13-22(29)23(31)19-14-28(15-19)24(32)36-17-18-9-11-20(12-10-18)30(34)35/h9-12,19,21-23,31H,13-17H2,1-8H3/t21-,22+,23?/m1/s1. The van der Waals surface area contributed by atoms with Crippen molar-refractivity contribution in [2.24, 2.45) is 5.92 Å². The Morgan fingerprint density at radius 3 is 2.18 bits per heavy atom. The maximum Gasteiger partial charge on any atom is 0.410 e. The Hall–Kier alpha value is -2.70. The number of non-ortho nitro benzene ring substituents is 1. The summed E-state index contributed by atoms with van der Waals surface area (Å²) < 4.78 is 17.6. The first-order valence-corrected chi connectivity index (χ1v) is 16.3. The molecule has 2 fully saturated rings. The molecule has 39 heavy (non-hydrogen) atoms. The SMILES string of the molecule is CC(C)(C)OC(=O)N1C[C@H](O[Si](C)(C)C(C)(C)C)C[C@H]1C(O)C1CN(C(=O)OCc2ccc([N+](=O)[O-])cc2)C1. The molecule has 0 bridgehead atoms. The van der Waals surface area contributed by atoms with Crippen LogP contribution < -0.4 is 0 Å². The van der Waals surface area contributed by atoms with Crippen molar-refractivity contribution in [2.45, 2.75) is 96.6 Å². The molecular weight excluding hydrogens is 522 g/mol. The summed E-state index contributed by atoms with van der Waals surface area (Å²) in [4.78, 5) is 39.0. The van der Waals surface area contributed by atoms with Crippen LogP contribution >= 0.6 is 0 Å². The molecule has 0 aromatic heterocycles. The number of nitro groups is 1. The first-order chi connectivity index (χ1) is 17.9. The predicted octanol–water partition coefficient (Wildman–Crippen LogP) is 4.92. The van der Waals surface area contributed by atoms with E-state index in [9.17, 15) is 24.8 Å². The number of carbonyl (C=O) groups excluding carboxylic acids is 2. The Morgan fingerprint density at radius 1 is 1.08 bits per heavy atom. The van der Waals surface area contributed by atoms with Gasteiger partial charge in [0.05, 0.1) is 23.2 Å². The molecule has 0 saturated carbocycles. The van der Waals surface area contributed by atoms with E-state index in [1.165, 1.54) is 17.0 Å². The Morgan fingerprint density at radius 2 is 1.67 bits per heavy atom. The Labute approximate surface area is 231 Å². The van der Waals surface area contributed by atoms with Crippen molar-refractivity contribution < 1.29 is 33.5 Å². The van der Waals surface area contributed by atoms with Gasteiger partial charge in [-0.3, -0.25) is 15.0 Å². The molecule has 1 N–H and O–H groups in total. The fourth-order valence-electron chi connectivity index (χ4n) is 4.50. The highest BCUT2D eigenvalue weighted by atomic mass is 28.4. The average Bonchev–Trinajstić information content (AvgIpc) is 3.18. The maximum atomic E-state index is 13.1. The summed E-state index contributed by atoms with van der Waals surface area (Å²) >= 11 is 0. The van der Waals surface area contributed by atoms with Crippen LogP contribution in [0.3, 0.4) is 0 Å². The molecule has 3 rings (SSSR count). The van der Waals surface area contributed by atoms with Crippen molar-refractivity contribution in [3.8, 4) is 0 Å². The van der Waals surface area contributed by atoms with Crippen molar-refractivity contribution >= 4 is 26.2 Å². The lowest BCUT2D eigenvalue weighted by atomic mass is 9.88. The van der Waals surface area contributed by atoms with Crippen LogP contribution in [-0.2, 0) is 20.5 Å². The van der Waals surface area contributed by atoms with E-state index in [0.717, 1.165) is 0 Å². The van der Waals surface area contributed by atoms with Crippen molar-refractivity contribution in [3.63, 3.8) is 0 Å². The molecule has 3 atom stereocenters. The number of likely N-dealkylation sites (tertiary alicyclic amines) is 2. The molecule has 0 spiro atoms. The van der Waals surface area contributed by atoms with Gasteiger partial charge in [0.1, 0.15) is 12.2 Å². The molecule has 1 unspecified atom stereocenters. The first kappa shape index (κ1) is 30.8. The van der Waals surface area contributed by atoms with E-state index in [4.69, 9.17) is 13.9 Å². The van der Waals surface area contributed by atoms with Crippen LogP contribution in [0.15, 0.2) is 24.3 Å². The van der Waals surface area contributed by atoms with E-state index in [1.807, 2.05) is 20.8 Å². The van der Waals surface area contributed by atoms with Crippen LogP contribution in [-0.4, -0.2) is 83.8 Å². The fraction of sp³-hybridized carbons (Fsp3) is 0.704. The number of hydrogen-bond donors (Lipinski definition) is 1. The minimum atomic E-state index is -2.10. The second-order valence-corrected chi connectivity index (χ2v) is 17.8. The number of benzene rings is 1. The molecule has 2 saturated heterocycles. The van der Waals surface area contributed by atoms with Crippen molar-refractivity contribution in [2.75, 3.05) is 19.6 Å². The van der Waals surface area contributed by atoms with Crippen molar-refractivity contribution in [3.05, 3.63) is 39.9 Å². The Balaban J connectivity index is 1.60. The summed E-state index contributed by atoms with van der Waals surface area (Å²) in [6, 6.07) is 5.32. The highest BCUT2D eigenvalue weighted by molar-refractivity contribution is 6.74. The zero-order chi connectivity index (χ0) is 29.3. The van der Waals surface area contributed by atoms with E-state index in [2.05, 4.69) is 33.9 Å². The number of ether oxygens (including phenoxy) is 2.